The van der Waals surface area contributed by atoms with Gasteiger partial charge >= 0.3 is 0 Å². The Labute approximate surface area is 183 Å². The van der Waals surface area contributed by atoms with E-state index < -0.39 is 0 Å². The van der Waals surface area contributed by atoms with E-state index >= 15 is 0 Å². The largest absolute Gasteiger partial charge is 0.405 e. The first-order chi connectivity index (χ1) is 14.9. The van der Waals surface area contributed by atoms with Crippen LogP contribution in [0.25, 0.3) is 23.6 Å². The number of rotatable bonds is 5. The zero-order valence-corrected chi connectivity index (χ0v) is 18.7. The summed E-state index contributed by atoms with van der Waals surface area (Å²) in [5, 5.41) is 6.04. The number of halogens is 1. The summed E-state index contributed by atoms with van der Waals surface area (Å²) in [7, 11) is 0. The molecule has 5 nitrogen and oxygen atoms in total. The summed E-state index contributed by atoms with van der Waals surface area (Å²) in [6, 6.07) is 4.82. The lowest BCUT2D eigenvalue weighted by Gasteiger charge is -2.27. The Morgan fingerprint density at radius 1 is 1.19 bits per heavy atom. The molecule has 3 aromatic rings. The molecule has 0 amide bonds. The molecule has 6 heteroatoms. The molecular weight excluding hydrogens is 389 g/mol. The van der Waals surface area contributed by atoms with Gasteiger partial charge in [-0.15, -0.1) is 0 Å². The topological polar surface area (TPSA) is 72.9 Å². The second-order valence-corrected chi connectivity index (χ2v) is 8.05. The summed E-state index contributed by atoms with van der Waals surface area (Å²) in [6.07, 6.45) is 5.59. The van der Waals surface area contributed by atoms with Crippen LogP contribution in [0.4, 0.5) is 4.39 Å². The molecule has 1 aliphatic rings. The number of aromatic nitrogens is 2. The van der Waals surface area contributed by atoms with Crippen LogP contribution in [0.5, 0.6) is 0 Å². The lowest BCUT2D eigenvalue weighted by atomic mass is 10.0. The highest BCUT2D eigenvalue weighted by atomic mass is 19.1. The van der Waals surface area contributed by atoms with Crippen molar-refractivity contribution in [3.63, 3.8) is 0 Å². The van der Waals surface area contributed by atoms with Crippen LogP contribution in [0, 0.1) is 19.7 Å². The highest BCUT2D eigenvalue weighted by molar-refractivity contribution is 5.82. The smallest absolute Gasteiger partial charge is 0.123 e. The summed E-state index contributed by atoms with van der Waals surface area (Å²) in [5.74, 6) is -0.228. The highest BCUT2D eigenvalue weighted by Gasteiger charge is 2.13. The fourth-order valence-electron chi connectivity index (χ4n) is 4.30. The molecule has 166 valence electrons. The van der Waals surface area contributed by atoms with Gasteiger partial charge in [0.2, 0.25) is 0 Å². The summed E-state index contributed by atoms with van der Waals surface area (Å²) < 4.78 is 13.7. The first-order valence-electron chi connectivity index (χ1n) is 10.9. The molecule has 0 bridgehead atoms. The van der Waals surface area contributed by atoms with Gasteiger partial charge < -0.3 is 25.9 Å². The van der Waals surface area contributed by atoms with E-state index in [1.165, 1.54) is 29.1 Å². The number of nitrogens with zero attached hydrogens (tertiary/aromatic N) is 1. The SMILES string of the molecule is C=CN.C=c1[nH]c2ccc(F)cc2/c1=C/c1[nH]c(C)c(CCCN2CCNCC2)c1C. The Bertz CT molecular complexity index is 1140. The van der Waals surface area contributed by atoms with Gasteiger partial charge in [-0.25, -0.2) is 4.39 Å². The minimum absolute atomic E-state index is 0.228. The number of aryl methyl sites for hydroxylation is 1. The van der Waals surface area contributed by atoms with Crippen LogP contribution >= 0.6 is 0 Å². The molecule has 0 spiro atoms. The first kappa shape index (κ1) is 22.8. The van der Waals surface area contributed by atoms with E-state index in [1.807, 2.05) is 0 Å². The van der Waals surface area contributed by atoms with Crippen LogP contribution in [0.1, 0.15) is 28.9 Å². The van der Waals surface area contributed by atoms with Crippen molar-refractivity contribution in [2.24, 2.45) is 5.73 Å². The second-order valence-electron chi connectivity index (χ2n) is 8.05. The number of benzene rings is 1. The second kappa shape index (κ2) is 10.5. The fourth-order valence-corrected chi connectivity index (χ4v) is 4.30. The van der Waals surface area contributed by atoms with Crippen molar-refractivity contribution >= 4 is 23.6 Å². The number of nitrogens with one attached hydrogen (secondary N) is 3. The molecule has 1 saturated heterocycles. The third kappa shape index (κ3) is 5.46. The van der Waals surface area contributed by atoms with Crippen LogP contribution in [0.15, 0.2) is 31.0 Å². The molecule has 0 radical (unpaired) electrons. The standard InChI is InChI=1S/C23H29FN4.C2H5N/c1-15-19(5-4-10-28-11-8-25-9-12-28)16(2)27-23(15)14-20-17(3)26-22-7-6-18(24)13-21(20)22;1-2-3/h6-7,13-14,25-27H,3-5,8-12H2,1-2H3;2H,1,3H2/b20-14+;. The molecule has 0 saturated carbocycles. The maximum Gasteiger partial charge on any atom is 0.123 e. The number of fused-ring (bicyclic) bond motifs is 1. The van der Waals surface area contributed by atoms with E-state index in [2.05, 4.69) is 59.0 Å². The molecule has 0 unspecified atom stereocenters. The van der Waals surface area contributed by atoms with Gasteiger partial charge in [-0.3, -0.25) is 0 Å². The number of nitrogens with two attached hydrogens (primary N) is 1. The Kier molecular flexibility index (Phi) is 7.71. The molecule has 31 heavy (non-hydrogen) atoms. The summed E-state index contributed by atoms with van der Waals surface area (Å²) >= 11 is 0. The first-order valence-corrected chi connectivity index (χ1v) is 10.9. The predicted molar refractivity (Wildman–Crippen MR) is 129 cm³/mol. The van der Waals surface area contributed by atoms with Gasteiger partial charge in [-0.1, -0.05) is 13.2 Å². The summed E-state index contributed by atoms with van der Waals surface area (Å²) in [6.45, 7) is 17.2. The molecule has 1 fully saturated rings. The Morgan fingerprint density at radius 2 is 1.90 bits per heavy atom. The molecule has 5 N–H and O–H groups in total. The minimum atomic E-state index is -0.228. The van der Waals surface area contributed by atoms with Crippen molar-refractivity contribution < 1.29 is 4.39 Å². The van der Waals surface area contributed by atoms with E-state index in [-0.39, 0.29) is 5.82 Å². The van der Waals surface area contributed by atoms with Gasteiger partial charge in [0.25, 0.3) is 0 Å². The maximum absolute atomic E-state index is 13.7. The maximum atomic E-state index is 13.7. The van der Waals surface area contributed by atoms with Gasteiger partial charge in [0, 0.05) is 59.0 Å². The lowest BCUT2D eigenvalue weighted by Crippen LogP contribution is -2.43. The van der Waals surface area contributed by atoms with E-state index in [4.69, 9.17) is 0 Å². The quantitative estimate of drug-likeness (QED) is 0.509. The van der Waals surface area contributed by atoms with Gasteiger partial charge in [0.15, 0.2) is 0 Å². The van der Waals surface area contributed by atoms with Crippen molar-refractivity contribution in [2.75, 3.05) is 32.7 Å². The average Bonchev–Trinajstić information content (AvgIpc) is 3.20. The number of hydrogen-bond acceptors (Lipinski definition) is 3. The normalized spacial score (nSPS) is 15.1. The van der Waals surface area contributed by atoms with E-state index in [1.54, 1.807) is 12.1 Å². The highest BCUT2D eigenvalue weighted by Crippen LogP contribution is 2.20. The molecule has 0 aliphatic carbocycles. The van der Waals surface area contributed by atoms with E-state index in [0.717, 1.165) is 72.7 Å². The van der Waals surface area contributed by atoms with Gasteiger partial charge in [-0.05, 0) is 74.8 Å². The third-order valence-corrected chi connectivity index (χ3v) is 5.91. The fraction of sp³-hybridized carbons (Fsp3) is 0.360. The minimum Gasteiger partial charge on any atom is -0.405 e. The summed E-state index contributed by atoms with van der Waals surface area (Å²) in [4.78, 5) is 9.32. The predicted octanol–water partition coefficient (Wildman–Crippen LogP) is 2.42. The van der Waals surface area contributed by atoms with Gasteiger partial charge in [-0.2, -0.15) is 0 Å². The van der Waals surface area contributed by atoms with Crippen molar-refractivity contribution in [1.29, 1.82) is 0 Å². The van der Waals surface area contributed by atoms with E-state index in [0.29, 0.717) is 0 Å². The monoisotopic (exact) mass is 423 g/mol. The Hall–Kier alpha value is -2.83. The zero-order valence-electron chi connectivity index (χ0n) is 18.7. The molecule has 2 aromatic heterocycles. The van der Waals surface area contributed by atoms with Crippen molar-refractivity contribution in [2.45, 2.75) is 26.7 Å². The van der Waals surface area contributed by atoms with Crippen LogP contribution in [-0.4, -0.2) is 47.6 Å². The van der Waals surface area contributed by atoms with Crippen LogP contribution in [-0.2, 0) is 6.42 Å². The van der Waals surface area contributed by atoms with Crippen LogP contribution < -0.4 is 21.6 Å². The van der Waals surface area contributed by atoms with E-state index in [9.17, 15) is 4.39 Å². The van der Waals surface area contributed by atoms with Crippen molar-refractivity contribution in [3.8, 4) is 0 Å². The van der Waals surface area contributed by atoms with Crippen LogP contribution in [0.2, 0.25) is 0 Å². The molecule has 1 aliphatic heterocycles. The van der Waals surface area contributed by atoms with Crippen molar-refractivity contribution in [1.82, 2.24) is 20.2 Å². The molecule has 3 heterocycles. The van der Waals surface area contributed by atoms with Gasteiger partial charge in [0.05, 0.1) is 0 Å². The number of H-pyrrole nitrogens is 2. The lowest BCUT2D eigenvalue weighted by molar-refractivity contribution is 0.238. The Morgan fingerprint density at radius 3 is 2.61 bits per heavy atom. The number of aromatic amines is 2. The average molecular weight is 424 g/mol. The molecule has 4 rings (SSSR count). The van der Waals surface area contributed by atoms with Gasteiger partial charge in [0.1, 0.15) is 5.82 Å². The molecular formula is C25H34FN5. The van der Waals surface area contributed by atoms with Crippen LogP contribution in [0.3, 0.4) is 0 Å². The Balaban J connectivity index is 0.000000858. The molecule has 1 aromatic carbocycles. The number of hydrogen-bond donors (Lipinski definition) is 4. The summed E-state index contributed by atoms with van der Waals surface area (Å²) in [5.41, 5.74) is 10.5. The molecule has 0 atom stereocenters. The third-order valence-electron chi connectivity index (χ3n) is 5.91. The van der Waals surface area contributed by atoms with Crippen molar-refractivity contribution in [3.05, 3.63) is 69.9 Å². The number of piperazine rings is 1. The zero-order chi connectivity index (χ0) is 22.4.